The van der Waals surface area contributed by atoms with E-state index in [0.717, 1.165) is 51.4 Å². The van der Waals surface area contributed by atoms with Crippen molar-refractivity contribution in [2.45, 2.75) is 90.7 Å². The number of ether oxygens (including phenoxy) is 2. The number of hydrogen-bond donors (Lipinski definition) is 1. The predicted molar refractivity (Wildman–Crippen MR) is 126 cm³/mol. The second-order valence-electron chi connectivity index (χ2n) is 7.35. The molecule has 0 aliphatic rings. The van der Waals surface area contributed by atoms with Crippen molar-refractivity contribution in [1.29, 1.82) is 0 Å². The van der Waals surface area contributed by atoms with Crippen LogP contribution in [0.25, 0.3) is 0 Å². The summed E-state index contributed by atoms with van der Waals surface area (Å²) in [7, 11) is -4.76. The van der Waals surface area contributed by atoms with Gasteiger partial charge in [-0.25, -0.2) is 0 Å². The SMILES string of the molecule is CCCCC(CC)COC(=O)CC(C(=O)OCC(CC)CCCC)S(=O)(=O)O.[AlH3].[NaH]. The fraction of sp³-hybridized carbons (Fsp3) is 0.900. The molecule has 0 radical (unpaired) electrons. The Kier molecular flexibility index (Phi) is 23.3. The Hall–Kier alpha value is 0.382. The van der Waals surface area contributed by atoms with Crippen LogP contribution >= 0.6 is 0 Å². The molecule has 0 aliphatic carbocycles. The molecule has 174 valence electrons. The molecule has 0 aromatic rings. The Morgan fingerprint density at radius 1 is 0.867 bits per heavy atom. The molecule has 0 fully saturated rings. The number of carbonyl (C=O) groups excluding carboxylic acids is 2. The molecule has 3 atom stereocenters. The first kappa shape index (κ1) is 35.0. The molecular weight excluding hydrogens is 434 g/mol. The Labute approximate surface area is 215 Å². The fourth-order valence-corrected chi connectivity index (χ4v) is 3.48. The minimum atomic E-state index is -4.76. The van der Waals surface area contributed by atoms with Crippen LogP contribution < -0.4 is 0 Å². The van der Waals surface area contributed by atoms with E-state index in [-0.39, 0.29) is 72.0 Å². The van der Waals surface area contributed by atoms with E-state index in [4.69, 9.17) is 9.47 Å². The van der Waals surface area contributed by atoms with Crippen LogP contribution in [0.5, 0.6) is 0 Å². The quantitative estimate of drug-likeness (QED) is 0.207. The van der Waals surface area contributed by atoms with Gasteiger partial charge in [0, 0.05) is 0 Å². The molecule has 30 heavy (non-hydrogen) atoms. The molecule has 0 aromatic carbocycles. The van der Waals surface area contributed by atoms with Crippen LogP contribution in [0, 0.1) is 11.8 Å². The summed E-state index contributed by atoms with van der Waals surface area (Å²) in [5, 5.41) is -1.95. The van der Waals surface area contributed by atoms with Gasteiger partial charge in [0.2, 0.25) is 0 Å². The standard InChI is InChI=1S/C20H38O7S.Al.Na.4H/c1-5-9-11-16(7-3)14-26-19(21)13-18(28(23,24)25)20(22)27-15-17(8-4)12-10-6-2;;;;;;/h16-18H,5-15H2,1-4H3,(H,23,24,25);;;;;;. The van der Waals surface area contributed by atoms with Gasteiger partial charge < -0.3 is 9.47 Å². The molecule has 0 bridgehead atoms. The number of hydrogen-bond acceptors (Lipinski definition) is 6. The molecule has 0 rings (SSSR count). The second-order valence-corrected chi connectivity index (χ2v) is 8.95. The third kappa shape index (κ3) is 16.1. The summed E-state index contributed by atoms with van der Waals surface area (Å²) in [5.41, 5.74) is 0. The van der Waals surface area contributed by atoms with Gasteiger partial charge >= 0.3 is 41.5 Å². The maximum absolute atomic E-state index is 12.2. The maximum atomic E-state index is 12.2. The van der Waals surface area contributed by atoms with Crippen LogP contribution in [0.1, 0.15) is 85.5 Å². The molecule has 10 heteroatoms. The van der Waals surface area contributed by atoms with Crippen molar-refractivity contribution in [3.63, 3.8) is 0 Å². The van der Waals surface area contributed by atoms with E-state index in [9.17, 15) is 22.6 Å². The summed E-state index contributed by atoms with van der Waals surface area (Å²) in [6.07, 6.45) is 6.74. The van der Waals surface area contributed by atoms with E-state index in [2.05, 4.69) is 13.8 Å². The summed E-state index contributed by atoms with van der Waals surface area (Å²) in [5.74, 6) is -1.61. The Morgan fingerprint density at radius 2 is 1.30 bits per heavy atom. The van der Waals surface area contributed by atoms with Gasteiger partial charge in [-0.1, -0.05) is 66.2 Å². The van der Waals surface area contributed by atoms with Gasteiger partial charge in [0.15, 0.2) is 22.6 Å². The number of esters is 2. The van der Waals surface area contributed by atoms with E-state index < -0.39 is 33.7 Å². The predicted octanol–water partition coefficient (Wildman–Crippen LogP) is 2.32. The molecule has 0 saturated heterocycles. The van der Waals surface area contributed by atoms with Crippen molar-refractivity contribution in [2.24, 2.45) is 11.8 Å². The van der Waals surface area contributed by atoms with Crippen molar-refractivity contribution < 1.29 is 32.0 Å². The molecule has 3 unspecified atom stereocenters. The minimum absolute atomic E-state index is 0. The summed E-state index contributed by atoms with van der Waals surface area (Å²) in [4.78, 5) is 24.2. The molecule has 0 amide bonds. The average molecular weight is 477 g/mol. The van der Waals surface area contributed by atoms with Crippen LogP contribution in [0.4, 0.5) is 0 Å². The van der Waals surface area contributed by atoms with E-state index >= 15 is 0 Å². The zero-order chi connectivity index (χ0) is 21.6. The molecule has 0 saturated carbocycles. The summed E-state index contributed by atoms with van der Waals surface area (Å²) in [6, 6.07) is 0. The molecule has 0 heterocycles. The van der Waals surface area contributed by atoms with Crippen molar-refractivity contribution in [3.05, 3.63) is 0 Å². The third-order valence-electron chi connectivity index (χ3n) is 5.00. The van der Waals surface area contributed by atoms with Gasteiger partial charge in [-0.05, 0) is 24.7 Å². The van der Waals surface area contributed by atoms with Gasteiger partial charge in [-0.15, -0.1) is 0 Å². The van der Waals surface area contributed by atoms with Crippen LogP contribution in [0.3, 0.4) is 0 Å². The molecule has 7 nitrogen and oxygen atoms in total. The Balaban J connectivity index is -0.00000364. The molecule has 1 N–H and O–H groups in total. The summed E-state index contributed by atoms with van der Waals surface area (Å²) >= 11 is 0. The van der Waals surface area contributed by atoms with Gasteiger partial charge in [0.1, 0.15) is 0 Å². The summed E-state index contributed by atoms with van der Waals surface area (Å²) < 4.78 is 42.8. The van der Waals surface area contributed by atoms with Gasteiger partial charge in [-0.2, -0.15) is 8.42 Å². The number of rotatable bonds is 16. The molecule has 0 spiro atoms. The van der Waals surface area contributed by atoms with Gasteiger partial charge in [-0.3, -0.25) is 14.1 Å². The normalized spacial score (nSPS) is 13.9. The first-order valence-electron chi connectivity index (χ1n) is 10.5. The van der Waals surface area contributed by atoms with Crippen LogP contribution in [-0.4, -0.2) is 90.3 Å². The van der Waals surface area contributed by atoms with Gasteiger partial charge in [0.25, 0.3) is 10.1 Å². The van der Waals surface area contributed by atoms with Crippen LogP contribution in [0.15, 0.2) is 0 Å². The van der Waals surface area contributed by atoms with Crippen molar-refractivity contribution in [2.75, 3.05) is 13.2 Å². The van der Waals surface area contributed by atoms with Gasteiger partial charge in [0.05, 0.1) is 19.6 Å². The monoisotopic (exact) mass is 476 g/mol. The van der Waals surface area contributed by atoms with E-state index in [1.807, 2.05) is 13.8 Å². The summed E-state index contributed by atoms with van der Waals surface area (Å²) in [6.45, 7) is 8.35. The van der Waals surface area contributed by atoms with E-state index in [1.54, 1.807) is 0 Å². The van der Waals surface area contributed by atoms with Crippen molar-refractivity contribution >= 4 is 69.0 Å². The Bertz CT molecular complexity index is 557. The van der Waals surface area contributed by atoms with E-state index in [1.165, 1.54) is 0 Å². The molecule has 0 aromatic heterocycles. The number of unbranched alkanes of at least 4 members (excludes halogenated alkanes) is 2. The first-order valence-corrected chi connectivity index (χ1v) is 12.0. The zero-order valence-corrected chi connectivity index (χ0v) is 18.6. The van der Waals surface area contributed by atoms with Crippen LogP contribution in [0.2, 0.25) is 0 Å². The Morgan fingerprint density at radius 3 is 1.67 bits per heavy atom. The third-order valence-corrected chi connectivity index (χ3v) is 6.08. The molecular formula is C20H42AlNaO7S. The molecule has 0 aliphatic heterocycles. The van der Waals surface area contributed by atoms with E-state index in [0.29, 0.717) is 0 Å². The fourth-order valence-electron chi connectivity index (χ4n) is 2.82. The van der Waals surface area contributed by atoms with Crippen molar-refractivity contribution in [3.8, 4) is 0 Å². The zero-order valence-electron chi connectivity index (χ0n) is 17.8. The number of carbonyl (C=O) groups is 2. The first-order chi connectivity index (χ1) is 13.2. The van der Waals surface area contributed by atoms with Crippen LogP contribution in [-0.2, 0) is 29.2 Å². The average Bonchev–Trinajstić information content (AvgIpc) is 2.65. The van der Waals surface area contributed by atoms with Crippen molar-refractivity contribution in [1.82, 2.24) is 0 Å². The topological polar surface area (TPSA) is 107 Å². The second kappa shape index (κ2) is 20.0.